The largest absolute Gasteiger partial charge is 0.491 e. The minimum Gasteiger partial charge on any atom is -0.491 e. The number of hydrogen-bond acceptors (Lipinski definition) is 3. The van der Waals surface area contributed by atoms with Crippen LogP contribution >= 0.6 is 27.3 Å². The Hall–Kier alpha value is -1.13. The number of ether oxygens (including phenoxy) is 1. The zero-order valence-electron chi connectivity index (χ0n) is 10.1. The highest BCUT2D eigenvalue weighted by molar-refractivity contribution is 9.11. The number of carbonyl (C=O) groups excluding carboxylic acids is 1. The molecule has 1 heterocycles. The molecule has 0 amide bonds. The van der Waals surface area contributed by atoms with Gasteiger partial charge in [-0.1, -0.05) is 0 Å². The van der Waals surface area contributed by atoms with Crippen LogP contribution in [0.3, 0.4) is 0 Å². The van der Waals surface area contributed by atoms with E-state index in [-0.39, 0.29) is 11.9 Å². The molecule has 2 aromatic rings. The van der Waals surface area contributed by atoms with E-state index in [1.807, 2.05) is 37.4 Å². The van der Waals surface area contributed by atoms with E-state index in [0.29, 0.717) is 11.1 Å². The van der Waals surface area contributed by atoms with E-state index in [0.717, 1.165) is 9.54 Å². The molecule has 0 saturated heterocycles. The molecular weight excluding hydrogens is 312 g/mol. The molecule has 0 radical (unpaired) electrons. The van der Waals surface area contributed by atoms with Crippen molar-refractivity contribution in [2.75, 3.05) is 0 Å². The lowest BCUT2D eigenvalue weighted by Gasteiger charge is -2.09. The third-order valence-electron chi connectivity index (χ3n) is 2.32. The summed E-state index contributed by atoms with van der Waals surface area (Å²) in [6.07, 6.45) is 0.138. The fourth-order valence-corrected chi connectivity index (χ4v) is 2.69. The van der Waals surface area contributed by atoms with Gasteiger partial charge in [-0.2, -0.15) is 0 Å². The van der Waals surface area contributed by atoms with Crippen molar-refractivity contribution < 1.29 is 9.53 Å². The van der Waals surface area contributed by atoms with Crippen LogP contribution in [0.25, 0.3) is 0 Å². The summed E-state index contributed by atoms with van der Waals surface area (Å²) in [6.45, 7) is 3.95. The maximum absolute atomic E-state index is 12.1. The average molecular weight is 325 g/mol. The van der Waals surface area contributed by atoms with Gasteiger partial charge >= 0.3 is 0 Å². The summed E-state index contributed by atoms with van der Waals surface area (Å²) in [6, 6.07) is 9.09. The summed E-state index contributed by atoms with van der Waals surface area (Å²) >= 11 is 4.87. The molecule has 1 aromatic carbocycles. The first-order valence-corrected chi connectivity index (χ1v) is 7.29. The lowest BCUT2D eigenvalue weighted by molar-refractivity contribution is 0.103. The molecule has 0 fully saturated rings. The first-order valence-electron chi connectivity index (χ1n) is 5.61. The Morgan fingerprint density at radius 2 is 1.89 bits per heavy atom. The Balaban J connectivity index is 2.17. The van der Waals surface area contributed by atoms with E-state index in [4.69, 9.17) is 4.74 Å². The Morgan fingerprint density at radius 3 is 2.39 bits per heavy atom. The van der Waals surface area contributed by atoms with E-state index in [1.54, 1.807) is 12.1 Å². The highest BCUT2D eigenvalue weighted by Gasteiger charge is 2.11. The van der Waals surface area contributed by atoms with Gasteiger partial charge in [0.1, 0.15) is 5.75 Å². The summed E-state index contributed by atoms with van der Waals surface area (Å²) in [5.41, 5.74) is 1.39. The standard InChI is InChI=1S/C14H13BrO2S/c1-9(2)17-12-5-3-10(4-6-12)14(16)11-7-13(15)18-8-11/h3-9H,1-2H3. The van der Waals surface area contributed by atoms with E-state index in [9.17, 15) is 4.79 Å². The van der Waals surface area contributed by atoms with Crippen molar-refractivity contribution in [3.8, 4) is 5.75 Å². The van der Waals surface area contributed by atoms with Gasteiger partial charge in [-0.15, -0.1) is 11.3 Å². The predicted molar refractivity (Wildman–Crippen MR) is 77.7 cm³/mol. The van der Waals surface area contributed by atoms with Gasteiger partial charge in [-0.3, -0.25) is 4.79 Å². The third kappa shape index (κ3) is 3.21. The minimum absolute atomic E-state index is 0.0352. The van der Waals surface area contributed by atoms with Crippen LogP contribution in [0.5, 0.6) is 5.75 Å². The Labute approximate surface area is 119 Å². The van der Waals surface area contributed by atoms with Crippen molar-refractivity contribution in [2.24, 2.45) is 0 Å². The highest BCUT2D eigenvalue weighted by atomic mass is 79.9. The SMILES string of the molecule is CC(C)Oc1ccc(C(=O)c2csc(Br)c2)cc1. The molecule has 0 unspecified atom stereocenters. The van der Waals surface area contributed by atoms with Crippen molar-refractivity contribution in [2.45, 2.75) is 20.0 Å². The zero-order chi connectivity index (χ0) is 13.1. The smallest absolute Gasteiger partial charge is 0.193 e. The van der Waals surface area contributed by atoms with Crippen molar-refractivity contribution in [1.29, 1.82) is 0 Å². The molecule has 0 bridgehead atoms. The van der Waals surface area contributed by atoms with Gasteiger partial charge in [0.05, 0.1) is 9.89 Å². The van der Waals surface area contributed by atoms with Gasteiger partial charge < -0.3 is 4.74 Å². The van der Waals surface area contributed by atoms with Gasteiger partial charge in [0.2, 0.25) is 0 Å². The van der Waals surface area contributed by atoms with Crippen LogP contribution in [0.4, 0.5) is 0 Å². The second-order valence-corrected chi connectivity index (χ2v) is 6.45. The van der Waals surface area contributed by atoms with Crippen LogP contribution in [0.2, 0.25) is 0 Å². The van der Waals surface area contributed by atoms with Crippen molar-refractivity contribution >= 4 is 33.0 Å². The molecule has 2 nitrogen and oxygen atoms in total. The number of rotatable bonds is 4. The lowest BCUT2D eigenvalue weighted by Crippen LogP contribution is -2.06. The molecule has 0 aliphatic heterocycles. The van der Waals surface area contributed by atoms with E-state index < -0.39 is 0 Å². The van der Waals surface area contributed by atoms with E-state index in [2.05, 4.69) is 15.9 Å². The average Bonchev–Trinajstić information content (AvgIpc) is 2.75. The first-order chi connectivity index (χ1) is 8.56. The molecule has 2 rings (SSSR count). The van der Waals surface area contributed by atoms with Crippen molar-refractivity contribution in [3.05, 3.63) is 50.6 Å². The summed E-state index contributed by atoms with van der Waals surface area (Å²) in [7, 11) is 0. The van der Waals surface area contributed by atoms with Crippen LogP contribution < -0.4 is 4.74 Å². The molecule has 4 heteroatoms. The fraction of sp³-hybridized carbons (Fsp3) is 0.214. The van der Waals surface area contributed by atoms with E-state index >= 15 is 0 Å². The minimum atomic E-state index is 0.0352. The molecule has 0 aliphatic carbocycles. The first kappa shape index (κ1) is 13.3. The number of ketones is 1. The predicted octanol–water partition coefficient (Wildman–Crippen LogP) is 4.53. The molecule has 18 heavy (non-hydrogen) atoms. The van der Waals surface area contributed by atoms with Gasteiger partial charge in [0, 0.05) is 16.5 Å². The van der Waals surface area contributed by atoms with Crippen LogP contribution in [-0.2, 0) is 0 Å². The normalized spacial score (nSPS) is 10.7. The number of hydrogen-bond donors (Lipinski definition) is 0. The Bertz CT molecular complexity index is 543. The molecule has 0 aliphatic rings. The number of halogens is 1. The second-order valence-electron chi connectivity index (χ2n) is 4.16. The molecule has 0 saturated carbocycles. The van der Waals surface area contributed by atoms with Crippen LogP contribution in [-0.4, -0.2) is 11.9 Å². The van der Waals surface area contributed by atoms with Gasteiger partial charge in [0.25, 0.3) is 0 Å². The Morgan fingerprint density at radius 1 is 1.22 bits per heavy atom. The number of thiophene rings is 1. The topological polar surface area (TPSA) is 26.3 Å². The summed E-state index contributed by atoms with van der Waals surface area (Å²) < 4.78 is 6.51. The Kier molecular flexibility index (Phi) is 4.19. The molecule has 94 valence electrons. The molecule has 0 N–H and O–H groups in total. The summed E-state index contributed by atoms with van der Waals surface area (Å²) in [4.78, 5) is 12.1. The maximum Gasteiger partial charge on any atom is 0.193 e. The van der Waals surface area contributed by atoms with Gasteiger partial charge in [-0.05, 0) is 60.1 Å². The fourth-order valence-electron chi connectivity index (χ4n) is 1.55. The van der Waals surface area contributed by atoms with Gasteiger partial charge in [0.15, 0.2) is 5.78 Å². The second kappa shape index (κ2) is 5.67. The van der Waals surface area contributed by atoms with Gasteiger partial charge in [-0.25, -0.2) is 0 Å². The molecule has 0 atom stereocenters. The van der Waals surface area contributed by atoms with Crippen molar-refractivity contribution in [3.63, 3.8) is 0 Å². The maximum atomic E-state index is 12.1. The van der Waals surface area contributed by atoms with Crippen molar-refractivity contribution in [1.82, 2.24) is 0 Å². The quantitative estimate of drug-likeness (QED) is 0.772. The summed E-state index contributed by atoms with van der Waals surface area (Å²) in [5, 5.41) is 1.85. The summed E-state index contributed by atoms with van der Waals surface area (Å²) in [5.74, 6) is 0.820. The van der Waals surface area contributed by atoms with Crippen LogP contribution in [0.15, 0.2) is 39.5 Å². The van der Waals surface area contributed by atoms with Crippen LogP contribution in [0.1, 0.15) is 29.8 Å². The van der Waals surface area contributed by atoms with Crippen LogP contribution in [0, 0.1) is 0 Å². The monoisotopic (exact) mass is 324 g/mol. The molecule has 1 aromatic heterocycles. The van der Waals surface area contributed by atoms with E-state index in [1.165, 1.54) is 11.3 Å². The zero-order valence-corrected chi connectivity index (χ0v) is 12.5. The lowest BCUT2D eigenvalue weighted by atomic mass is 10.1. The third-order valence-corrected chi connectivity index (χ3v) is 3.82. The number of carbonyl (C=O) groups is 1. The number of benzene rings is 1. The molecular formula is C14H13BrO2S. The highest BCUT2D eigenvalue weighted by Crippen LogP contribution is 2.23. The molecule has 0 spiro atoms.